The Morgan fingerprint density at radius 1 is 1.37 bits per heavy atom. The molecule has 0 spiro atoms. The third kappa shape index (κ3) is 4.44. The van der Waals surface area contributed by atoms with Crippen molar-refractivity contribution in [2.24, 2.45) is 0 Å². The van der Waals surface area contributed by atoms with Crippen molar-refractivity contribution in [1.82, 2.24) is 4.90 Å². The van der Waals surface area contributed by atoms with Gasteiger partial charge < -0.3 is 10.0 Å². The molecule has 0 fully saturated rings. The molecule has 0 radical (unpaired) electrons. The molecule has 0 unspecified atom stereocenters. The number of hydrogen-bond acceptors (Lipinski definition) is 5. The summed E-state index contributed by atoms with van der Waals surface area (Å²) in [5, 5.41) is 27.5. The van der Waals surface area contributed by atoms with E-state index in [1.54, 1.807) is 11.4 Å². The van der Waals surface area contributed by atoms with Gasteiger partial charge in [0.05, 0.1) is 29.2 Å². The molecule has 1 rings (SSSR count). The zero-order valence-corrected chi connectivity index (χ0v) is 10.9. The van der Waals surface area contributed by atoms with E-state index in [1.807, 2.05) is 12.1 Å². The van der Waals surface area contributed by atoms with Gasteiger partial charge in [-0.3, -0.25) is 4.79 Å². The number of hydrogen-bond donors (Lipinski definition) is 1. The number of nitrogens with zero attached hydrogens (tertiary/aromatic N) is 3. The van der Waals surface area contributed by atoms with Gasteiger partial charge >= 0.3 is 0 Å². The molecule has 1 aromatic heterocycles. The van der Waals surface area contributed by atoms with Crippen molar-refractivity contribution >= 4 is 17.2 Å². The molecule has 0 aromatic carbocycles. The Balaban J connectivity index is 2.81. The van der Waals surface area contributed by atoms with Crippen LogP contribution in [0.15, 0.2) is 11.4 Å². The average Bonchev–Trinajstić information content (AvgIpc) is 2.87. The molecule has 6 heteroatoms. The predicted octanol–water partition coefficient (Wildman–Crippen LogP) is 0.971. The molecule has 1 heterocycles. The fourth-order valence-corrected chi connectivity index (χ4v) is 2.02. The van der Waals surface area contributed by atoms with Crippen molar-refractivity contribution in [2.75, 3.05) is 19.7 Å². The number of rotatable bonds is 4. The summed E-state index contributed by atoms with van der Waals surface area (Å²) in [4.78, 5) is 13.9. The van der Waals surface area contributed by atoms with Gasteiger partial charge in [0.1, 0.15) is 13.1 Å². The van der Waals surface area contributed by atoms with E-state index in [0.717, 1.165) is 0 Å². The normalized spacial score (nSPS) is 8.79. The van der Waals surface area contributed by atoms with Crippen LogP contribution in [0.5, 0.6) is 0 Å². The Bertz CT molecular complexity index is 568. The first-order chi connectivity index (χ1) is 9.22. The summed E-state index contributed by atoms with van der Waals surface area (Å²) >= 11 is 1.31. The fraction of sp³-hybridized carbons (Fsp3) is 0.308. The van der Waals surface area contributed by atoms with Gasteiger partial charge in [-0.05, 0) is 6.07 Å². The van der Waals surface area contributed by atoms with Crippen LogP contribution < -0.4 is 0 Å². The molecule has 0 aliphatic heterocycles. The monoisotopic (exact) mass is 273 g/mol. The molecule has 5 nitrogen and oxygen atoms in total. The number of carbonyl (C=O) groups is 1. The first kappa shape index (κ1) is 14.7. The molecular formula is C13H11N3O2S. The van der Waals surface area contributed by atoms with E-state index < -0.39 is 0 Å². The Hall–Kier alpha value is -2.33. The van der Waals surface area contributed by atoms with Gasteiger partial charge in [0.2, 0.25) is 0 Å². The van der Waals surface area contributed by atoms with Gasteiger partial charge in [-0.1, -0.05) is 11.8 Å². The van der Waals surface area contributed by atoms with Gasteiger partial charge in [0.25, 0.3) is 5.91 Å². The van der Waals surface area contributed by atoms with Crippen molar-refractivity contribution in [3.05, 3.63) is 21.9 Å². The lowest BCUT2D eigenvalue weighted by atomic mass is 10.2. The lowest BCUT2D eigenvalue weighted by molar-refractivity contribution is 0.0795. The van der Waals surface area contributed by atoms with E-state index in [1.165, 1.54) is 16.2 Å². The van der Waals surface area contributed by atoms with Crippen LogP contribution in [0.1, 0.15) is 21.7 Å². The molecule has 1 amide bonds. The largest absolute Gasteiger partial charge is 0.395 e. The van der Waals surface area contributed by atoms with Crippen LogP contribution in [-0.2, 0) is 0 Å². The number of carbonyl (C=O) groups excluding carboxylic acids is 1. The summed E-state index contributed by atoms with van der Waals surface area (Å²) in [6, 6.07) is 5.33. The maximum absolute atomic E-state index is 12.0. The van der Waals surface area contributed by atoms with E-state index in [9.17, 15) is 4.79 Å². The Morgan fingerprint density at radius 2 is 2.05 bits per heavy atom. The first-order valence-corrected chi connectivity index (χ1v) is 6.32. The molecule has 0 bridgehead atoms. The van der Waals surface area contributed by atoms with Crippen LogP contribution in [0, 0.1) is 34.5 Å². The highest BCUT2D eigenvalue weighted by molar-refractivity contribution is 7.10. The highest BCUT2D eigenvalue weighted by Crippen LogP contribution is 2.15. The minimum absolute atomic E-state index is 0.00226. The number of thiophene rings is 1. The molecule has 0 aliphatic rings. The maximum Gasteiger partial charge on any atom is 0.256 e. The van der Waals surface area contributed by atoms with Gasteiger partial charge in [0.15, 0.2) is 0 Å². The summed E-state index contributed by atoms with van der Waals surface area (Å²) in [5.74, 6) is 5.24. The van der Waals surface area contributed by atoms with Crippen LogP contribution in [0.3, 0.4) is 0 Å². The Morgan fingerprint density at radius 3 is 2.63 bits per heavy atom. The highest BCUT2D eigenvalue weighted by Gasteiger charge is 2.16. The molecule has 19 heavy (non-hydrogen) atoms. The van der Waals surface area contributed by atoms with Gasteiger partial charge in [0, 0.05) is 11.8 Å². The van der Waals surface area contributed by atoms with E-state index in [2.05, 4.69) is 11.8 Å². The Kier molecular flexibility index (Phi) is 6.12. The van der Waals surface area contributed by atoms with Crippen molar-refractivity contribution < 1.29 is 9.90 Å². The SMILES string of the molecule is N#CCN(CC#N)C(=O)c1csc(C#CCCO)c1. The smallest absolute Gasteiger partial charge is 0.256 e. The molecule has 1 N–H and O–H groups in total. The van der Waals surface area contributed by atoms with Gasteiger partial charge in [-0.25, -0.2) is 0 Å². The first-order valence-electron chi connectivity index (χ1n) is 5.44. The molecule has 0 aliphatic carbocycles. The van der Waals surface area contributed by atoms with E-state index in [4.69, 9.17) is 15.6 Å². The summed E-state index contributed by atoms with van der Waals surface area (Å²) in [6.07, 6.45) is 0.385. The van der Waals surface area contributed by atoms with Gasteiger partial charge in [-0.2, -0.15) is 10.5 Å². The summed E-state index contributed by atoms with van der Waals surface area (Å²) in [7, 11) is 0. The van der Waals surface area contributed by atoms with Crippen LogP contribution in [-0.4, -0.2) is 35.6 Å². The molecule has 0 saturated carbocycles. The maximum atomic E-state index is 12.0. The van der Waals surface area contributed by atoms with Crippen molar-refractivity contribution in [3.8, 4) is 24.0 Å². The third-order valence-corrected chi connectivity index (χ3v) is 2.95. The van der Waals surface area contributed by atoms with Crippen LogP contribution >= 0.6 is 11.3 Å². The molecule has 0 atom stereocenters. The van der Waals surface area contributed by atoms with Crippen LogP contribution in [0.2, 0.25) is 0 Å². The molecule has 1 aromatic rings. The third-order valence-electron chi connectivity index (χ3n) is 2.11. The van der Waals surface area contributed by atoms with Crippen molar-refractivity contribution in [1.29, 1.82) is 10.5 Å². The molecule has 0 saturated heterocycles. The van der Waals surface area contributed by atoms with Crippen molar-refractivity contribution in [3.63, 3.8) is 0 Å². The van der Waals surface area contributed by atoms with Crippen molar-refractivity contribution in [2.45, 2.75) is 6.42 Å². The zero-order valence-electron chi connectivity index (χ0n) is 10.1. The Labute approximate surface area is 115 Å². The number of nitriles is 2. The van der Waals surface area contributed by atoms with Crippen LogP contribution in [0.4, 0.5) is 0 Å². The zero-order chi connectivity index (χ0) is 14.1. The second-order valence-electron chi connectivity index (χ2n) is 3.45. The molecule has 96 valence electrons. The average molecular weight is 273 g/mol. The second kappa shape index (κ2) is 7.89. The minimum atomic E-state index is -0.352. The van der Waals surface area contributed by atoms with E-state index >= 15 is 0 Å². The predicted molar refractivity (Wildman–Crippen MR) is 70.0 cm³/mol. The lowest BCUT2D eigenvalue weighted by Crippen LogP contribution is -2.31. The second-order valence-corrected chi connectivity index (χ2v) is 4.36. The number of aliphatic hydroxyl groups is 1. The summed E-state index contributed by atoms with van der Waals surface area (Å²) < 4.78 is 0. The van der Waals surface area contributed by atoms with Crippen LogP contribution in [0.25, 0.3) is 0 Å². The topological polar surface area (TPSA) is 88.1 Å². The minimum Gasteiger partial charge on any atom is -0.395 e. The molecular weight excluding hydrogens is 262 g/mol. The van der Waals surface area contributed by atoms with E-state index in [-0.39, 0.29) is 25.6 Å². The quantitative estimate of drug-likeness (QED) is 0.654. The lowest BCUT2D eigenvalue weighted by Gasteiger charge is -2.14. The fourth-order valence-electron chi connectivity index (χ4n) is 1.27. The summed E-state index contributed by atoms with van der Waals surface area (Å²) in [5.41, 5.74) is 0.420. The number of aliphatic hydroxyl groups excluding tert-OH is 1. The summed E-state index contributed by atoms with van der Waals surface area (Å²) in [6.45, 7) is -0.232. The van der Waals surface area contributed by atoms with E-state index in [0.29, 0.717) is 16.9 Å². The number of amides is 1. The highest BCUT2D eigenvalue weighted by atomic mass is 32.1. The standard InChI is InChI=1S/C13H11N3O2S/c14-4-6-16(7-5-15)13(18)11-9-12(19-10-11)3-1-2-8-17/h9-10,17H,2,6-8H2. The van der Waals surface area contributed by atoms with Gasteiger partial charge in [-0.15, -0.1) is 11.3 Å².